The van der Waals surface area contributed by atoms with Crippen LogP contribution in [0.25, 0.3) is 0 Å². The Morgan fingerprint density at radius 1 is 0.966 bits per heavy atom. The van der Waals surface area contributed by atoms with Crippen molar-refractivity contribution in [2.75, 3.05) is 45.1 Å². The molecular weight excluding hydrogens is 371 g/mol. The minimum Gasteiger partial charge on any atom is -0.346 e. The second-order valence-corrected chi connectivity index (χ2v) is 7.44. The number of rotatable bonds is 5. The standard InChI is InChI=1S/C22H27FN4O2/c1-16-3-5-17(6-4-16)20(27-13-11-26(2)12-14-27)15-24-21(28)22(29)25-19-9-7-18(23)8-10-19/h3-10,20H,11-15H2,1-2H3,(H,24,28)(H,25,29). The van der Waals surface area contributed by atoms with E-state index >= 15 is 0 Å². The third-order valence-electron chi connectivity index (χ3n) is 5.21. The predicted octanol–water partition coefficient (Wildman–Crippen LogP) is 2.18. The Bertz CT molecular complexity index is 831. The van der Waals surface area contributed by atoms with Gasteiger partial charge >= 0.3 is 11.8 Å². The van der Waals surface area contributed by atoms with Gasteiger partial charge < -0.3 is 15.5 Å². The Morgan fingerprint density at radius 2 is 1.59 bits per heavy atom. The highest BCUT2D eigenvalue weighted by molar-refractivity contribution is 6.39. The summed E-state index contributed by atoms with van der Waals surface area (Å²) in [5.74, 6) is -1.88. The lowest BCUT2D eigenvalue weighted by atomic mass is 10.0. The molecule has 1 unspecified atom stereocenters. The highest BCUT2D eigenvalue weighted by atomic mass is 19.1. The molecule has 2 aromatic rings. The summed E-state index contributed by atoms with van der Waals surface area (Å²) in [6.07, 6.45) is 0. The van der Waals surface area contributed by atoms with Crippen LogP contribution in [0, 0.1) is 12.7 Å². The molecule has 7 heteroatoms. The number of likely N-dealkylation sites (N-methyl/N-ethyl adjacent to an activating group) is 1. The van der Waals surface area contributed by atoms with Crippen molar-refractivity contribution in [3.8, 4) is 0 Å². The highest BCUT2D eigenvalue weighted by Crippen LogP contribution is 2.22. The van der Waals surface area contributed by atoms with E-state index in [0.29, 0.717) is 12.2 Å². The molecule has 1 fully saturated rings. The van der Waals surface area contributed by atoms with E-state index < -0.39 is 17.6 Å². The third-order valence-corrected chi connectivity index (χ3v) is 5.21. The van der Waals surface area contributed by atoms with Gasteiger partial charge in [-0.1, -0.05) is 29.8 Å². The predicted molar refractivity (Wildman–Crippen MR) is 111 cm³/mol. The first-order valence-electron chi connectivity index (χ1n) is 9.76. The van der Waals surface area contributed by atoms with E-state index in [-0.39, 0.29) is 6.04 Å². The molecule has 2 N–H and O–H groups in total. The number of hydrogen-bond donors (Lipinski definition) is 2. The molecular formula is C22H27FN4O2. The van der Waals surface area contributed by atoms with Gasteiger partial charge in [0.05, 0.1) is 6.04 Å². The molecule has 6 nitrogen and oxygen atoms in total. The number of anilines is 1. The number of nitrogens with one attached hydrogen (secondary N) is 2. The lowest BCUT2D eigenvalue weighted by Crippen LogP contribution is -2.49. The molecule has 1 heterocycles. The first-order valence-corrected chi connectivity index (χ1v) is 9.76. The maximum atomic E-state index is 13.0. The van der Waals surface area contributed by atoms with Crippen molar-refractivity contribution in [2.45, 2.75) is 13.0 Å². The molecule has 0 bridgehead atoms. The summed E-state index contributed by atoms with van der Waals surface area (Å²) in [4.78, 5) is 29.1. The number of piperazine rings is 1. The summed E-state index contributed by atoms with van der Waals surface area (Å²) in [7, 11) is 2.10. The quantitative estimate of drug-likeness (QED) is 0.758. The van der Waals surface area contributed by atoms with Gasteiger partial charge in [0.2, 0.25) is 0 Å². The number of benzene rings is 2. The number of amides is 2. The monoisotopic (exact) mass is 398 g/mol. The normalized spacial score (nSPS) is 16.2. The molecule has 2 amide bonds. The molecule has 1 aliphatic heterocycles. The molecule has 1 aliphatic rings. The molecule has 3 rings (SSSR count). The fourth-order valence-electron chi connectivity index (χ4n) is 3.37. The van der Waals surface area contributed by atoms with Crippen molar-refractivity contribution in [1.82, 2.24) is 15.1 Å². The zero-order valence-electron chi connectivity index (χ0n) is 16.8. The Kier molecular flexibility index (Phi) is 6.95. The number of aryl methyl sites for hydroxylation is 1. The van der Waals surface area contributed by atoms with E-state index in [9.17, 15) is 14.0 Å². The number of carbonyl (C=O) groups excluding carboxylic acids is 2. The number of halogens is 1. The second kappa shape index (κ2) is 9.62. The number of carbonyl (C=O) groups is 2. The smallest absolute Gasteiger partial charge is 0.313 e. The average Bonchev–Trinajstić information content (AvgIpc) is 2.72. The molecule has 0 saturated carbocycles. The van der Waals surface area contributed by atoms with Crippen LogP contribution in [0.2, 0.25) is 0 Å². The lowest BCUT2D eigenvalue weighted by molar-refractivity contribution is -0.136. The Labute approximate surface area is 170 Å². The van der Waals surface area contributed by atoms with Gasteiger partial charge in [-0.05, 0) is 43.8 Å². The van der Waals surface area contributed by atoms with Crippen LogP contribution in [0.5, 0.6) is 0 Å². The van der Waals surface area contributed by atoms with Crippen LogP contribution in [-0.4, -0.2) is 61.4 Å². The van der Waals surface area contributed by atoms with Gasteiger partial charge in [-0.2, -0.15) is 0 Å². The lowest BCUT2D eigenvalue weighted by Gasteiger charge is -2.38. The van der Waals surface area contributed by atoms with Crippen molar-refractivity contribution in [1.29, 1.82) is 0 Å². The minimum absolute atomic E-state index is 0.00753. The molecule has 1 saturated heterocycles. The van der Waals surface area contributed by atoms with Crippen molar-refractivity contribution < 1.29 is 14.0 Å². The molecule has 29 heavy (non-hydrogen) atoms. The van der Waals surface area contributed by atoms with Gasteiger partial charge in [0.1, 0.15) is 5.82 Å². The summed E-state index contributed by atoms with van der Waals surface area (Å²) in [5, 5.41) is 5.24. The summed E-state index contributed by atoms with van der Waals surface area (Å²) in [6.45, 7) is 6.08. The van der Waals surface area contributed by atoms with Crippen molar-refractivity contribution in [2.24, 2.45) is 0 Å². The zero-order chi connectivity index (χ0) is 20.8. The molecule has 0 aliphatic carbocycles. The van der Waals surface area contributed by atoms with Crippen LogP contribution >= 0.6 is 0 Å². The van der Waals surface area contributed by atoms with Crippen LogP contribution in [-0.2, 0) is 9.59 Å². The van der Waals surface area contributed by atoms with Gasteiger partial charge in [-0.25, -0.2) is 4.39 Å². The SMILES string of the molecule is Cc1ccc(C(CNC(=O)C(=O)Nc2ccc(F)cc2)N2CCN(C)CC2)cc1. The van der Waals surface area contributed by atoms with Crippen molar-refractivity contribution in [3.05, 3.63) is 65.5 Å². The van der Waals surface area contributed by atoms with E-state index in [1.807, 2.05) is 6.92 Å². The van der Waals surface area contributed by atoms with Crippen molar-refractivity contribution >= 4 is 17.5 Å². The summed E-state index contributed by atoms with van der Waals surface area (Å²) in [6, 6.07) is 13.5. The van der Waals surface area contributed by atoms with E-state index in [2.05, 4.69) is 51.7 Å². The fourth-order valence-corrected chi connectivity index (χ4v) is 3.37. The van der Waals surface area contributed by atoms with Gasteiger partial charge in [0.25, 0.3) is 0 Å². The van der Waals surface area contributed by atoms with Gasteiger partial charge in [0, 0.05) is 38.4 Å². The summed E-state index contributed by atoms with van der Waals surface area (Å²) in [5.41, 5.74) is 2.66. The molecule has 1 atom stereocenters. The maximum Gasteiger partial charge on any atom is 0.313 e. The van der Waals surface area contributed by atoms with Gasteiger partial charge in [-0.3, -0.25) is 14.5 Å². The molecule has 2 aromatic carbocycles. The first-order chi connectivity index (χ1) is 13.9. The Morgan fingerprint density at radius 3 is 2.21 bits per heavy atom. The Hall–Kier alpha value is -2.77. The van der Waals surface area contributed by atoms with E-state index in [4.69, 9.17) is 0 Å². The van der Waals surface area contributed by atoms with Gasteiger partial charge in [0.15, 0.2) is 0 Å². The maximum absolute atomic E-state index is 13.0. The fraction of sp³-hybridized carbons (Fsp3) is 0.364. The first kappa shape index (κ1) is 21.0. The van der Waals surface area contributed by atoms with Crippen LogP contribution in [0.15, 0.2) is 48.5 Å². The largest absolute Gasteiger partial charge is 0.346 e. The van der Waals surface area contributed by atoms with Gasteiger partial charge in [-0.15, -0.1) is 0 Å². The van der Waals surface area contributed by atoms with E-state index in [0.717, 1.165) is 31.7 Å². The van der Waals surface area contributed by atoms with E-state index in [1.165, 1.54) is 29.8 Å². The van der Waals surface area contributed by atoms with Crippen LogP contribution in [0.4, 0.5) is 10.1 Å². The van der Waals surface area contributed by atoms with Crippen LogP contribution in [0.3, 0.4) is 0 Å². The summed E-state index contributed by atoms with van der Waals surface area (Å²) < 4.78 is 13.0. The minimum atomic E-state index is -0.766. The molecule has 0 aromatic heterocycles. The number of hydrogen-bond acceptors (Lipinski definition) is 4. The third kappa shape index (κ3) is 5.85. The topological polar surface area (TPSA) is 64.7 Å². The Balaban J connectivity index is 1.63. The van der Waals surface area contributed by atoms with Crippen LogP contribution in [0.1, 0.15) is 17.2 Å². The molecule has 0 spiro atoms. The molecule has 0 radical (unpaired) electrons. The number of nitrogens with zero attached hydrogens (tertiary/aromatic N) is 2. The summed E-state index contributed by atoms with van der Waals surface area (Å²) >= 11 is 0. The highest BCUT2D eigenvalue weighted by Gasteiger charge is 2.25. The van der Waals surface area contributed by atoms with Crippen molar-refractivity contribution in [3.63, 3.8) is 0 Å². The molecule has 154 valence electrons. The second-order valence-electron chi connectivity index (χ2n) is 7.44. The van der Waals surface area contributed by atoms with E-state index in [1.54, 1.807) is 0 Å². The zero-order valence-corrected chi connectivity index (χ0v) is 16.8. The average molecular weight is 398 g/mol. The van der Waals surface area contributed by atoms with Crippen LogP contribution < -0.4 is 10.6 Å².